The van der Waals surface area contributed by atoms with Gasteiger partial charge in [0.25, 0.3) is 0 Å². The van der Waals surface area contributed by atoms with Gasteiger partial charge in [-0.2, -0.15) is 0 Å². The van der Waals surface area contributed by atoms with E-state index in [1.54, 1.807) is 12.1 Å². The van der Waals surface area contributed by atoms with E-state index in [1.807, 2.05) is 36.4 Å². The van der Waals surface area contributed by atoms with Crippen molar-refractivity contribution in [3.05, 3.63) is 59.7 Å². The Bertz CT molecular complexity index is 582. The molecule has 4 nitrogen and oxygen atoms in total. The fraction of sp³-hybridized carbons (Fsp3) is 0.133. The van der Waals surface area contributed by atoms with Gasteiger partial charge in [0.2, 0.25) is 5.91 Å². The van der Waals surface area contributed by atoms with Gasteiger partial charge < -0.3 is 16.2 Å². The zero-order valence-corrected chi connectivity index (χ0v) is 10.5. The van der Waals surface area contributed by atoms with E-state index in [4.69, 9.17) is 5.73 Å². The van der Waals surface area contributed by atoms with Gasteiger partial charge in [-0.3, -0.25) is 4.79 Å². The Labute approximate surface area is 111 Å². The van der Waals surface area contributed by atoms with E-state index in [1.165, 1.54) is 0 Å². The van der Waals surface area contributed by atoms with Crippen molar-refractivity contribution in [1.82, 2.24) is 0 Å². The van der Waals surface area contributed by atoms with E-state index in [2.05, 4.69) is 5.32 Å². The number of nitrogens with one attached hydrogen (secondary N) is 1. The second-order valence-electron chi connectivity index (χ2n) is 4.28. The van der Waals surface area contributed by atoms with Crippen LogP contribution in [0.3, 0.4) is 0 Å². The topological polar surface area (TPSA) is 75.4 Å². The lowest BCUT2D eigenvalue weighted by atomic mass is 10.1. The summed E-state index contributed by atoms with van der Waals surface area (Å²) in [5.41, 5.74) is 7.72. The zero-order chi connectivity index (χ0) is 13.7. The van der Waals surface area contributed by atoms with Crippen LogP contribution in [0.25, 0.3) is 0 Å². The first-order valence-electron chi connectivity index (χ1n) is 6.04. The number of para-hydroxylation sites is 2. The molecule has 2 aromatic rings. The van der Waals surface area contributed by atoms with Crippen molar-refractivity contribution >= 4 is 11.6 Å². The highest BCUT2D eigenvalue weighted by atomic mass is 16.3. The van der Waals surface area contributed by atoms with Gasteiger partial charge >= 0.3 is 0 Å². The minimum absolute atomic E-state index is 0.198. The highest BCUT2D eigenvalue weighted by Crippen LogP contribution is 2.20. The van der Waals surface area contributed by atoms with Gasteiger partial charge in [-0.1, -0.05) is 36.4 Å². The Morgan fingerprint density at radius 1 is 1.05 bits per heavy atom. The van der Waals surface area contributed by atoms with Crippen LogP contribution in [0.5, 0.6) is 5.75 Å². The number of carbonyl (C=O) groups excluding carboxylic acids is 1. The standard InChI is InChI=1S/C15H16N2O2/c16-15(19)9-11-5-1-3-7-13(11)17-10-12-6-2-4-8-14(12)18/h1-8,17-18H,9-10H2,(H2,16,19). The predicted octanol–water partition coefficient (Wildman–Crippen LogP) is 2.03. The molecular formula is C15H16N2O2. The SMILES string of the molecule is NC(=O)Cc1ccccc1NCc1ccccc1O. The van der Waals surface area contributed by atoms with E-state index in [0.29, 0.717) is 6.54 Å². The lowest BCUT2D eigenvalue weighted by Gasteiger charge is -2.11. The van der Waals surface area contributed by atoms with E-state index >= 15 is 0 Å². The van der Waals surface area contributed by atoms with Crippen molar-refractivity contribution in [2.24, 2.45) is 5.73 Å². The molecule has 1 amide bonds. The summed E-state index contributed by atoms with van der Waals surface area (Å²) in [6.45, 7) is 0.489. The number of benzene rings is 2. The Balaban J connectivity index is 2.11. The number of hydrogen-bond acceptors (Lipinski definition) is 3. The Morgan fingerprint density at radius 2 is 1.68 bits per heavy atom. The molecule has 4 N–H and O–H groups in total. The van der Waals surface area contributed by atoms with Crippen molar-refractivity contribution in [2.75, 3.05) is 5.32 Å². The lowest BCUT2D eigenvalue weighted by Crippen LogP contribution is -2.15. The molecule has 19 heavy (non-hydrogen) atoms. The summed E-state index contributed by atoms with van der Waals surface area (Å²) >= 11 is 0. The van der Waals surface area contributed by atoms with Crippen molar-refractivity contribution < 1.29 is 9.90 Å². The zero-order valence-electron chi connectivity index (χ0n) is 10.5. The molecule has 4 heteroatoms. The van der Waals surface area contributed by atoms with Crippen LogP contribution in [-0.4, -0.2) is 11.0 Å². The molecule has 0 unspecified atom stereocenters. The quantitative estimate of drug-likeness (QED) is 0.766. The summed E-state index contributed by atoms with van der Waals surface area (Å²) in [6.07, 6.45) is 0.198. The molecule has 98 valence electrons. The largest absolute Gasteiger partial charge is 0.508 e. The van der Waals surface area contributed by atoms with E-state index < -0.39 is 0 Å². The Hall–Kier alpha value is -2.49. The number of phenolic OH excluding ortho intramolecular Hbond substituents is 1. The number of hydrogen-bond donors (Lipinski definition) is 3. The molecule has 2 rings (SSSR count). The molecule has 2 aromatic carbocycles. The minimum atomic E-state index is -0.364. The van der Waals surface area contributed by atoms with Crippen molar-refractivity contribution in [1.29, 1.82) is 0 Å². The molecule has 0 aliphatic carbocycles. The first kappa shape index (κ1) is 13.0. The molecule has 0 fully saturated rings. The Kier molecular flexibility index (Phi) is 4.03. The summed E-state index contributed by atoms with van der Waals surface area (Å²) < 4.78 is 0. The second kappa shape index (κ2) is 5.91. The number of aromatic hydroxyl groups is 1. The summed E-state index contributed by atoms with van der Waals surface area (Å²) in [5, 5.41) is 12.9. The van der Waals surface area contributed by atoms with Gasteiger partial charge in [0, 0.05) is 17.8 Å². The monoisotopic (exact) mass is 256 g/mol. The number of primary amides is 1. The fourth-order valence-corrected chi connectivity index (χ4v) is 1.89. The molecule has 0 aromatic heterocycles. The lowest BCUT2D eigenvalue weighted by molar-refractivity contribution is -0.117. The van der Waals surface area contributed by atoms with Crippen molar-refractivity contribution in [2.45, 2.75) is 13.0 Å². The first-order chi connectivity index (χ1) is 9.16. The third-order valence-electron chi connectivity index (χ3n) is 2.84. The van der Waals surface area contributed by atoms with E-state index in [-0.39, 0.29) is 18.1 Å². The Morgan fingerprint density at radius 3 is 2.37 bits per heavy atom. The maximum absolute atomic E-state index is 11.0. The highest BCUT2D eigenvalue weighted by molar-refractivity contribution is 5.78. The van der Waals surface area contributed by atoms with Crippen LogP contribution in [0.2, 0.25) is 0 Å². The third kappa shape index (κ3) is 3.48. The predicted molar refractivity (Wildman–Crippen MR) is 74.8 cm³/mol. The van der Waals surface area contributed by atoms with Gasteiger partial charge in [-0.05, 0) is 17.7 Å². The van der Waals surface area contributed by atoms with Crippen LogP contribution < -0.4 is 11.1 Å². The van der Waals surface area contributed by atoms with Gasteiger partial charge in [-0.15, -0.1) is 0 Å². The molecule has 0 spiro atoms. The molecule has 0 heterocycles. The van der Waals surface area contributed by atoms with Crippen LogP contribution in [0.1, 0.15) is 11.1 Å². The molecule has 0 radical (unpaired) electrons. The summed E-state index contributed by atoms with van der Waals surface area (Å²) in [7, 11) is 0. The number of nitrogens with two attached hydrogens (primary N) is 1. The van der Waals surface area contributed by atoms with Crippen molar-refractivity contribution in [3.63, 3.8) is 0 Å². The van der Waals surface area contributed by atoms with Crippen molar-refractivity contribution in [3.8, 4) is 5.75 Å². The maximum Gasteiger partial charge on any atom is 0.221 e. The first-order valence-corrected chi connectivity index (χ1v) is 6.04. The van der Waals surface area contributed by atoms with Gasteiger partial charge in [0.05, 0.1) is 6.42 Å². The normalized spacial score (nSPS) is 10.1. The molecule has 0 aliphatic heterocycles. The van der Waals surface area contributed by atoms with Gasteiger partial charge in [-0.25, -0.2) is 0 Å². The maximum atomic E-state index is 11.0. The smallest absolute Gasteiger partial charge is 0.221 e. The average molecular weight is 256 g/mol. The number of phenols is 1. The summed E-state index contributed by atoms with van der Waals surface area (Å²) in [6, 6.07) is 14.6. The van der Waals surface area contributed by atoms with Crippen LogP contribution in [-0.2, 0) is 17.8 Å². The fourth-order valence-electron chi connectivity index (χ4n) is 1.89. The number of carbonyl (C=O) groups is 1. The number of amides is 1. The molecule has 0 saturated carbocycles. The van der Waals surface area contributed by atoms with Gasteiger partial charge in [0.15, 0.2) is 0 Å². The third-order valence-corrected chi connectivity index (χ3v) is 2.84. The second-order valence-corrected chi connectivity index (χ2v) is 4.28. The summed E-state index contributed by atoms with van der Waals surface area (Å²) in [5.74, 6) is -0.112. The van der Waals surface area contributed by atoms with E-state index in [0.717, 1.165) is 16.8 Å². The highest BCUT2D eigenvalue weighted by Gasteiger charge is 2.05. The van der Waals surface area contributed by atoms with Crippen LogP contribution in [0.15, 0.2) is 48.5 Å². The van der Waals surface area contributed by atoms with Crippen LogP contribution >= 0.6 is 0 Å². The van der Waals surface area contributed by atoms with Crippen LogP contribution in [0, 0.1) is 0 Å². The minimum Gasteiger partial charge on any atom is -0.508 e. The number of rotatable bonds is 5. The molecular weight excluding hydrogens is 240 g/mol. The number of anilines is 1. The molecule has 0 aliphatic rings. The molecule has 0 atom stereocenters. The molecule has 0 bridgehead atoms. The average Bonchev–Trinajstić information content (AvgIpc) is 2.39. The molecule has 0 saturated heterocycles. The van der Waals surface area contributed by atoms with E-state index in [9.17, 15) is 9.90 Å². The van der Waals surface area contributed by atoms with Crippen LogP contribution in [0.4, 0.5) is 5.69 Å². The summed E-state index contributed by atoms with van der Waals surface area (Å²) in [4.78, 5) is 11.0. The van der Waals surface area contributed by atoms with Gasteiger partial charge in [0.1, 0.15) is 5.75 Å².